The Kier molecular flexibility index (Phi) is 3.81. The Bertz CT molecular complexity index is 729. The number of likely N-dealkylation sites (tertiary alicyclic amines) is 1. The van der Waals surface area contributed by atoms with Gasteiger partial charge in [-0.05, 0) is 18.9 Å². The topological polar surface area (TPSA) is 93.0 Å². The maximum absolute atomic E-state index is 13.0. The zero-order chi connectivity index (χ0) is 16.4. The molecular formula is C15H18N6O2. The van der Waals surface area contributed by atoms with Gasteiger partial charge >= 0.3 is 0 Å². The van der Waals surface area contributed by atoms with Crippen molar-refractivity contribution >= 4 is 11.8 Å². The zero-order valence-electron chi connectivity index (χ0n) is 13.1. The fourth-order valence-electron chi connectivity index (χ4n) is 3.15. The number of carbonyl (C=O) groups excluding carboxylic acids is 2. The van der Waals surface area contributed by atoms with Crippen LogP contribution in [0.2, 0.25) is 0 Å². The van der Waals surface area contributed by atoms with Crippen LogP contribution in [-0.2, 0) is 17.4 Å². The SMILES string of the molecule is CNC(=O)[C@]1(c2cnccn2)CCCN1C(=O)c1ccnn1C. The lowest BCUT2D eigenvalue weighted by Crippen LogP contribution is -2.55. The van der Waals surface area contributed by atoms with Crippen molar-refractivity contribution in [3.05, 3.63) is 42.2 Å². The van der Waals surface area contributed by atoms with Crippen molar-refractivity contribution < 1.29 is 9.59 Å². The Morgan fingerprint density at radius 1 is 1.30 bits per heavy atom. The minimum absolute atomic E-state index is 0.239. The van der Waals surface area contributed by atoms with E-state index in [0.717, 1.165) is 0 Å². The van der Waals surface area contributed by atoms with Gasteiger partial charge in [0, 0.05) is 39.2 Å². The van der Waals surface area contributed by atoms with E-state index in [4.69, 9.17) is 0 Å². The third-order valence-electron chi connectivity index (χ3n) is 4.26. The molecule has 0 radical (unpaired) electrons. The quantitative estimate of drug-likeness (QED) is 0.866. The summed E-state index contributed by atoms with van der Waals surface area (Å²) >= 11 is 0. The van der Waals surface area contributed by atoms with Crippen LogP contribution in [0.15, 0.2) is 30.9 Å². The molecule has 23 heavy (non-hydrogen) atoms. The number of aryl methyl sites for hydroxylation is 1. The van der Waals surface area contributed by atoms with Gasteiger partial charge in [-0.25, -0.2) is 0 Å². The van der Waals surface area contributed by atoms with Crippen molar-refractivity contribution in [2.45, 2.75) is 18.4 Å². The minimum atomic E-state index is -1.13. The first-order chi connectivity index (χ1) is 11.1. The van der Waals surface area contributed by atoms with E-state index in [-0.39, 0.29) is 11.8 Å². The summed E-state index contributed by atoms with van der Waals surface area (Å²) in [5.41, 5.74) is -0.221. The molecule has 1 atom stereocenters. The number of nitrogens with zero attached hydrogens (tertiary/aromatic N) is 5. The maximum atomic E-state index is 13.0. The Labute approximate surface area is 133 Å². The Balaban J connectivity index is 2.10. The van der Waals surface area contributed by atoms with Crippen molar-refractivity contribution in [3.63, 3.8) is 0 Å². The van der Waals surface area contributed by atoms with Crippen LogP contribution in [0.1, 0.15) is 29.0 Å². The van der Waals surface area contributed by atoms with Crippen molar-refractivity contribution in [1.29, 1.82) is 0 Å². The number of hydrogen-bond acceptors (Lipinski definition) is 5. The Hall–Kier alpha value is -2.77. The highest BCUT2D eigenvalue weighted by Crippen LogP contribution is 2.38. The average molecular weight is 314 g/mol. The average Bonchev–Trinajstić information content (AvgIpc) is 3.21. The van der Waals surface area contributed by atoms with Gasteiger partial charge < -0.3 is 10.2 Å². The van der Waals surface area contributed by atoms with E-state index in [1.54, 1.807) is 43.7 Å². The first-order valence-corrected chi connectivity index (χ1v) is 7.40. The van der Waals surface area contributed by atoms with Gasteiger partial charge in [-0.3, -0.25) is 24.2 Å². The van der Waals surface area contributed by atoms with Gasteiger partial charge in [0.25, 0.3) is 11.8 Å². The molecule has 3 heterocycles. The number of likely N-dealkylation sites (N-methyl/N-ethyl adjacent to an activating group) is 1. The van der Waals surface area contributed by atoms with Gasteiger partial charge in [0.2, 0.25) is 0 Å². The van der Waals surface area contributed by atoms with E-state index in [2.05, 4.69) is 20.4 Å². The van der Waals surface area contributed by atoms with Crippen molar-refractivity contribution in [3.8, 4) is 0 Å². The van der Waals surface area contributed by atoms with Crippen LogP contribution in [0.4, 0.5) is 0 Å². The van der Waals surface area contributed by atoms with Gasteiger partial charge in [0.05, 0.1) is 11.9 Å². The number of amides is 2. The number of hydrogen-bond donors (Lipinski definition) is 1. The van der Waals surface area contributed by atoms with Crippen molar-refractivity contribution in [2.75, 3.05) is 13.6 Å². The molecule has 2 amide bonds. The second-order valence-corrected chi connectivity index (χ2v) is 5.43. The number of carbonyl (C=O) groups is 2. The summed E-state index contributed by atoms with van der Waals surface area (Å²) in [6, 6.07) is 1.64. The second-order valence-electron chi connectivity index (χ2n) is 5.43. The molecule has 0 saturated carbocycles. The highest BCUT2D eigenvalue weighted by molar-refractivity contribution is 5.99. The minimum Gasteiger partial charge on any atom is -0.357 e. The molecule has 0 bridgehead atoms. The second kappa shape index (κ2) is 5.79. The summed E-state index contributed by atoms with van der Waals surface area (Å²) in [4.78, 5) is 35.6. The summed E-state index contributed by atoms with van der Waals surface area (Å²) in [6.45, 7) is 0.480. The summed E-state index contributed by atoms with van der Waals surface area (Å²) in [5, 5.41) is 6.70. The van der Waals surface area contributed by atoms with E-state index < -0.39 is 5.54 Å². The van der Waals surface area contributed by atoms with Crippen LogP contribution in [0.3, 0.4) is 0 Å². The maximum Gasteiger partial charge on any atom is 0.273 e. The van der Waals surface area contributed by atoms with E-state index in [0.29, 0.717) is 30.8 Å². The fraction of sp³-hybridized carbons (Fsp3) is 0.400. The lowest BCUT2D eigenvalue weighted by atomic mass is 9.90. The predicted octanol–water partition coefficient (Wildman–Crippen LogP) is 0.0876. The molecule has 8 heteroatoms. The molecule has 1 aliphatic heterocycles. The van der Waals surface area contributed by atoms with Crippen LogP contribution in [0.25, 0.3) is 0 Å². The smallest absolute Gasteiger partial charge is 0.273 e. The third kappa shape index (κ3) is 2.26. The van der Waals surface area contributed by atoms with Crippen LogP contribution < -0.4 is 5.32 Å². The molecule has 0 unspecified atom stereocenters. The molecule has 2 aromatic heterocycles. The first-order valence-electron chi connectivity index (χ1n) is 7.40. The van der Waals surface area contributed by atoms with Gasteiger partial charge in [-0.15, -0.1) is 0 Å². The van der Waals surface area contributed by atoms with Gasteiger partial charge in [0.15, 0.2) is 5.54 Å². The number of rotatable bonds is 3. The molecule has 2 aromatic rings. The standard InChI is InChI=1S/C15H18N6O2/c1-16-14(23)15(12-10-17-7-8-18-12)5-3-9-21(15)13(22)11-4-6-19-20(11)2/h4,6-8,10H,3,5,9H2,1-2H3,(H,16,23)/t15-/m1/s1. The first kappa shape index (κ1) is 15.1. The Morgan fingerprint density at radius 2 is 2.13 bits per heavy atom. The van der Waals surface area contributed by atoms with E-state index in [1.807, 2.05) is 0 Å². The summed E-state index contributed by atoms with van der Waals surface area (Å²) in [7, 11) is 3.26. The highest BCUT2D eigenvalue weighted by atomic mass is 16.2. The highest BCUT2D eigenvalue weighted by Gasteiger charge is 2.52. The van der Waals surface area contributed by atoms with Crippen molar-refractivity contribution in [2.24, 2.45) is 7.05 Å². The third-order valence-corrected chi connectivity index (χ3v) is 4.26. The van der Waals surface area contributed by atoms with E-state index in [1.165, 1.54) is 10.9 Å². The van der Waals surface area contributed by atoms with Crippen molar-refractivity contribution in [1.82, 2.24) is 30.0 Å². The summed E-state index contributed by atoms with van der Waals surface area (Å²) in [5.74, 6) is -0.497. The van der Waals surface area contributed by atoms with Gasteiger partial charge in [-0.1, -0.05) is 0 Å². The summed E-state index contributed by atoms with van der Waals surface area (Å²) in [6.07, 6.45) is 7.41. The van der Waals surface area contributed by atoms with Crippen LogP contribution in [0, 0.1) is 0 Å². The largest absolute Gasteiger partial charge is 0.357 e. The van der Waals surface area contributed by atoms with Gasteiger partial charge in [0.1, 0.15) is 5.69 Å². The lowest BCUT2D eigenvalue weighted by Gasteiger charge is -2.35. The molecular weight excluding hydrogens is 296 g/mol. The van der Waals surface area contributed by atoms with Crippen LogP contribution in [0.5, 0.6) is 0 Å². The van der Waals surface area contributed by atoms with Crippen LogP contribution >= 0.6 is 0 Å². The molecule has 1 N–H and O–H groups in total. The molecule has 0 aromatic carbocycles. The molecule has 1 saturated heterocycles. The van der Waals surface area contributed by atoms with E-state index in [9.17, 15) is 9.59 Å². The zero-order valence-corrected chi connectivity index (χ0v) is 13.1. The fourth-order valence-corrected chi connectivity index (χ4v) is 3.15. The molecule has 8 nitrogen and oxygen atoms in total. The molecule has 1 aliphatic rings. The molecule has 0 aliphatic carbocycles. The molecule has 3 rings (SSSR count). The Morgan fingerprint density at radius 3 is 2.74 bits per heavy atom. The van der Waals surface area contributed by atoms with Crippen LogP contribution in [-0.4, -0.2) is 50.1 Å². The predicted molar refractivity (Wildman–Crippen MR) is 81.3 cm³/mol. The molecule has 1 fully saturated rings. The normalized spacial score (nSPS) is 20.5. The van der Waals surface area contributed by atoms with Gasteiger partial charge in [-0.2, -0.15) is 5.10 Å². The number of aromatic nitrogens is 4. The summed E-state index contributed by atoms with van der Waals surface area (Å²) < 4.78 is 1.51. The molecule has 0 spiro atoms. The van der Waals surface area contributed by atoms with E-state index >= 15 is 0 Å². The lowest BCUT2D eigenvalue weighted by molar-refractivity contribution is -0.131. The number of nitrogens with one attached hydrogen (secondary N) is 1. The molecule has 120 valence electrons. The monoisotopic (exact) mass is 314 g/mol.